The number of aliphatic carboxylic acids is 1. The molecule has 0 fully saturated rings. The quantitative estimate of drug-likeness (QED) is 0.774. The van der Waals surface area contributed by atoms with Gasteiger partial charge in [0.05, 0.1) is 0 Å². The van der Waals surface area contributed by atoms with Crippen LogP contribution in [0.5, 0.6) is 0 Å². The highest BCUT2D eigenvalue weighted by atomic mass is 19.3. The maximum atomic E-state index is 11.9. The van der Waals surface area contributed by atoms with Crippen LogP contribution in [0, 0.1) is 0 Å². The van der Waals surface area contributed by atoms with Crippen LogP contribution in [0.25, 0.3) is 0 Å². The van der Waals surface area contributed by atoms with E-state index in [2.05, 4.69) is 5.32 Å². The van der Waals surface area contributed by atoms with E-state index in [-0.39, 0.29) is 19.3 Å². The average molecular weight is 267 g/mol. The number of hydrogen-bond acceptors (Lipinski definition) is 3. The Morgan fingerprint density at radius 2 is 1.83 bits per heavy atom. The molecule has 0 aliphatic heterocycles. The maximum absolute atomic E-state index is 11.9. The average Bonchev–Trinajstić information content (AvgIpc) is 2.12. The minimum atomic E-state index is -2.47. The van der Waals surface area contributed by atoms with Gasteiger partial charge in [-0.2, -0.15) is 0 Å². The molecule has 1 unspecified atom stereocenters. The number of amides is 1. The number of alkyl halides is 2. The van der Waals surface area contributed by atoms with Crippen LogP contribution in [0.2, 0.25) is 0 Å². The van der Waals surface area contributed by atoms with Gasteiger partial charge in [0.15, 0.2) is 0 Å². The Morgan fingerprint density at radius 1 is 1.28 bits per heavy atom. The summed E-state index contributed by atoms with van der Waals surface area (Å²) in [6.07, 6.45) is -3.77. The minimum Gasteiger partial charge on any atom is -0.480 e. The zero-order valence-corrected chi connectivity index (χ0v) is 10.7. The first-order chi connectivity index (χ1) is 8.11. The van der Waals surface area contributed by atoms with Gasteiger partial charge in [-0.15, -0.1) is 0 Å². The summed E-state index contributed by atoms with van der Waals surface area (Å²) in [6.45, 7) is 4.91. The number of carboxylic acid groups (broad SMARTS) is 1. The van der Waals surface area contributed by atoms with Crippen molar-refractivity contribution in [2.75, 3.05) is 0 Å². The van der Waals surface area contributed by atoms with Gasteiger partial charge in [-0.05, 0) is 33.6 Å². The molecule has 0 aromatic carbocycles. The highest BCUT2D eigenvalue weighted by Crippen LogP contribution is 2.10. The van der Waals surface area contributed by atoms with E-state index < -0.39 is 30.1 Å². The Hall–Kier alpha value is -1.40. The summed E-state index contributed by atoms with van der Waals surface area (Å²) in [5.74, 6) is -1.27. The number of rotatable bonds is 6. The SMILES string of the molecule is CC(C)(C)OC(=O)NC(CCCC(F)F)C(=O)O. The topological polar surface area (TPSA) is 75.6 Å². The Labute approximate surface area is 105 Å². The summed E-state index contributed by atoms with van der Waals surface area (Å²) in [6, 6.07) is -1.21. The van der Waals surface area contributed by atoms with Gasteiger partial charge in [0, 0.05) is 6.42 Å². The van der Waals surface area contributed by atoms with Crippen molar-refractivity contribution in [1.82, 2.24) is 5.32 Å². The lowest BCUT2D eigenvalue weighted by molar-refractivity contribution is -0.139. The van der Waals surface area contributed by atoms with Crippen LogP contribution >= 0.6 is 0 Å². The molecule has 106 valence electrons. The Morgan fingerprint density at radius 3 is 2.22 bits per heavy atom. The fourth-order valence-corrected chi connectivity index (χ4v) is 1.18. The number of alkyl carbamates (subject to hydrolysis) is 1. The first kappa shape index (κ1) is 16.6. The molecule has 0 saturated heterocycles. The summed E-state index contributed by atoms with van der Waals surface area (Å²) in [5, 5.41) is 11.0. The van der Waals surface area contributed by atoms with Crippen molar-refractivity contribution in [2.45, 2.75) is 58.1 Å². The molecule has 7 heteroatoms. The monoisotopic (exact) mass is 267 g/mol. The van der Waals surface area contributed by atoms with E-state index in [4.69, 9.17) is 9.84 Å². The van der Waals surface area contributed by atoms with E-state index in [1.807, 2.05) is 0 Å². The van der Waals surface area contributed by atoms with Gasteiger partial charge < -0.3 is 15.2 Å². The summed E-state index contributed by atoms with van der Waals surface area (Å²) >= 11 is 0. The van der Waals surface area contributed by atoms with Crippen molar-refractivity contribution < 1.29 is 28.2 Å². The molecular formula is C11H19F2NO4. The largest absolute Gasteiger partial charge is 0.480 e. The molecule has 0 heterocycles. The van der Waals surface area contributed by atoms with Gasteiger partial charge in [-0.1, -0.05) is 0 Å². The number of hydrogen-bond donors (Lipinski definition) is 2. The van der Waals surface area contributed by atoms with Crippen LogP contribution in [-0.2, 0) is 9.53 Å². The van der Waals surface area contributed by atoms with E-state index in [0.717, 1.165) is 0 Å². The molecule has 5 nitrogen and oxygen atoms in total. The van der Waals surface area contributed by atoms with Crippen LogP contribution in [0.3, 0.4) is 0 Å². The van der Waals surface area contributed by atoms with Crippen molar-refractivity contribution in [3.8, 4) is 0 Å². The summed E-state index contributed by atoms with van der Waals surface area (Å²) in [4.78, 5) is 22.1. The molecule has 1 amide bonds. The fraction of sp³-hybridized carbons (Fsp3) is 0.818. The van der Waals surface area contributed by atoms with Gasteiger partial charge in [-0.25, -0.2) is 18.4 Å². The molecule has 0 aliphatic carbocycles. The van der Waals surface area contributed by atoms with Crippen molar-refractivity contribution >= 4 is 12.1 Å². The summed E-state index contributed by atoms with van der Waals surface area (Å²) in [7, 11) is 0. The molecule has 0 aliphatic rings. The van der Waals surface area contributed by atoms with Gasteiger partial charge in [-0.3, -0.25) is 0 Å². The van der Waals surface area contributed by atoms with Gasteiger partial charge in [0.2, 0.25) is 6.43 Å². The normalized spacial score (nSPS) is 13.2. The molecule has 2 N–H and O–H groups in total. The highest BCUT2D eigenvalue weighted by molar-refractivity contribution is 5.79. The first-order valence-corrected chi connectivity index (χ1v) is 5.62. The number of carbonyl (C=O) groups excluding carboxylic acids is 1. The third-order valence-corrected chi connectivity index (χ3v) is 1.90. The van der Waals surface area contributed by atoms with E-state index >= 15 is 0 Å². The molecule has 0 spiro atoms. The third-order valence-electron chi connectivity index (χ3n) is 1.90. The standard InChI is InChI=1S/C11H19F2NO4/c1-11(2,3)18-10(17)14-7(9(15)16)5-4-6-8(12)13/h7-8H,4-6H2,1-3H3,(H,14,17)(H,15,16). The van der Waals surface area contributed by atoms with Gasteiger partial charge in [0.25, 0.3) is 0 Å². The number of halogens is 2. The molecule has 1 atom stereocenters. The first-order valence-electron chi connectivity index (χ1n) is 5.62. The molecule has 18 heavy (non-hydrogen) atoms. The zero-order valence-electron chi connectivity index (χ0n) is 10.7. The molecule has 0 aromatic rings. The van der Waals surface area contributed by atoms with Crippen molar-refractivity contribution in [1.29, 1.82) is 0 Å². The Bertz CT molecular complexity index is 289. The van der Waals surface area contributed by atoms with E-state index in [1.54, 1.807) is 20.8 Å². The van der Waals surface area contributed by atoms with Gasteiger partial charge in [0.1, 0.15) is 11.6 Å². The third kappa shape index (κ3) is 8.72. The lowest BCUT2D eigenvalue weighted by atomic mass is 10.1. The molecule has 0 saturated carbocycles. The smallest absolute Gasteiger partial charge is 0.408 e. The highest BCUT2D eigenvalue weighted by Gasteiger charge is 2.23. The van der Waals surface area contributed by atoms with Crippen LogP contribution in [0.1, 0.15) is 40.0 Å². The molecule has 0 bridgehead atoms. The van der Waals surface area contributed by atoms with Crippen LogP contribution in [0.4, 0.5) is 13.6 Å². The van der Waals surface area contributed by atoms with Crippen molar-refractivity contribution in [2.24, 2.45) is 0 Å². The molecule has 0 radical (unpaired) electrons. The number of ether oxygens (including phenoxy) is 1. The Balaban J connectivity index is 4.19. The van der Waals surface area contributed by atoms with E-state index in [9.17, 15) is 18.4 Å². The second kappa shape index (κ2) is 7.13. The predicted molar refractivity (Wildman–Crippen MR) is 60.6 cm³/mol. The Kier molecular flexibility index (Phi) is 6.57. The molecule has 0 rings (SSSR count). The zero-order chi connectivity index (χ0) is 14.3. The second-order valence-corrected chi connectivity index (χ2v) is 4.86. The van der Waals surface area contributed by atoms with Crippen molar-refractivity contribution in [3.63, 3.8) is 0 Å². The number of nitrogens with one attached hydrogen (secondary N) is 1. The van der Waals surface area contributed by atoms with Gasteiger partial charge >= 0.3 is 12.1 Å². The van der Waals surface area contributed by atoms with E-state index in [0.29, 0.717) is 0 Å². The maximum Gasteiger partial charge on any atom is 0.408 e. The second-order valence-electron chi connectivity index (χ2n) is 4.86. The van der Waals surface area contributed by atoms with Crippen LogP contribution in [0.15, 0.2) is 0 Å². The predicted octanol–water partition coefficient (Wildman–Crippen LogP) is 2.40. The lowest BCUT2D eigenvalue weighted by Crippen LogP contribution is -2.43. The van der Waals surface area contributed by atoms with Crippen molar-refractivity contribution in [3.05, 3.63) is 0 Å². The minimum absolute atomic E-state index is 0.0183. The van der Waals surface area contributed by atoms with E-state index in [1.165, 1.54) is 0 Å². The molecule has 0 aromatic heterocycles. The van der Waals surface area contributed by atoms with Crippen LogP contribution < -0.4 is 5.32 Å². The van der Waals surface area contributed by atoms with Crippen LogP contribution in [-0.4, -0.2) is 35.2 Å². The number of carboxylic acids is 1. The summed E-state index contributed by atoms with van der Waals surface area (Å²) in [5.41, 5.74) is -0.740. The fourth-order valence-electron chi connectivity index (χ4n) is 1.18. The number of carbonyl (C=O) groups is 2. The summed E-state index contributed by atoms with van der Waals surface area (Å²) < 4.78 is 28.7. The molecular weight excluding hydrogens is 248 g/mol. The lowest BCUT2D eigenvalue weighted by Gasteiger charge is -2.21.